The molecule has 0 aliphatic heterocycles. The lowest BCUT2D eigenvalue weighted by molar-refractivity contribution is -0.118. The van der Waals surface area contributed by atoms with Gasteiger partial charge in [-0.05, 0) is 29.7 Å². The first-order valence-electron chi connectivity index (χ1n) is 4.53. The van der Waals surface area contributed by atoms with Crippen molar-refractivity contribution in [3.63, 3.8) is 0 Å². The maximum Gasteiger partial charge on any atom is 0.335 e. The van der Waals surface area contributed by atoms with Gasteiger partial charge in [0.1, 0.15) is 5.78 Å². The molecule has 3 nitrogen and oxygen atoms in total. The second-order valence-electron chi connectivity index (χ2n) is 3.50. The number of aromatic carboxylic acids is 1. The van der Waals surface area contributed by atoms with Crippen LogP contribution in [0.3, 0.4) is 0 Å². The molecule has 2 rings (SSSR count). The Morgan fingerprint density at radius 2 is 2.00 bits per heavy atom. The van der Waals surface area contributed by atoms with E-state index in [0.717, 1.165) is 11.1 Å². The fourth-order valence-electron chi connectivity index (χ4n) is 1.74. The molecule has 1 aliphatic carbocycles. The smallest absolute Gasteiger partial charge is 0.335 e. The Balaban J connectivity index is 2.41. The summed E-state index contributed by atoms with van der Waals surface area (Å²) in [6, 6.07) is 4.97. The summed E-state index contributed by atoms with van der Waals surface area (Å²) in [4.78, 5) is 21.8. The summed E-state index contributed by atoms with van der Waals surface area (Å²) in [7, 11) is 0. The highest BCUT2D eigenvalue weighted by molar-refractivity contribution is 5.89. The largest absolute Gasteiger partial charge is 0.478 e. The Labute approximate surface area is 81.4 Å². The van der Waals surface area contributed by atoms with Gasteiger partial charge in [-0.1, -0.05) is 6.07 Å². The van der Waals surface area contributed by atoms with E-state index < -0.39 is 5.97 Å². The quantitative estimate of drug-likeness (QED) is 0.729. The van der Waals surface area contributed by atoms with Crippen molar-refractivity contribution < 1.29 is 14.7 Å². The average Bonchev–Trinajstić information content (AvgIpc) is 2.16. The number of fused-ring (bicyclic) bond motifs is 1. The molecule has 0 saturated heterocycles. The summed E-state index contributed by atoms with van der Waals surface area (Å²) in [5.74, 6) is -0.676. The number of carbonyl (C=O) groups excluding carboxylic acids is 1. The molecule has 72 valence electrons. The van der Waals surface area contributed by atoms with Gasteiger partial charge in [0.05, 0.1) is 5.56 Å². The molecule has 0 heterocycles. The van der Waals surface area contributed by atoms with E-state index in [1.165, 1.54) is 0 Å². The minimum Gasteiger partial charge on any atom is -0.478 e. The highest BCUT2D eigenvalue weighted by Gasteiger charge is 2.16. The van der Waals surface area contributed by atoms with E-state index in [2.05, 4.69) is 0 Å². The number of hydrogen-bond donors (Lipinski definition) is 1. The minimum absolute atomic E-state index is 0.237. The average molecular weight is 190 g/mol. The summed E-state index contributed by atoms with van der Waals surface area (Å²) in [6.07, 6.45) is 1.67. The van der Waals surface area contributed by atoms with Crippen LogP contribution < -0.4 is 0 Å². The molecule has 1 aliphatic rings. The third kappa shape index (κ3) is 1.53. The van der Waals surface area contributed by atoms with Gasteiger partial charge in [-0.2, -0.15) is 0 Å². The lowest BCUT2D eigenvalue weighted by Crippen LogP contribution is -2.14. The number of carboxylic acid groups (broad SMARTS) is 1. The summed E-state index contributed by atoms with van der Waals surface area (Å²) in [5, 5.41) is 8.77. The third-order valence-corrected chi connectivity index (χ3v) is 2.51. The first-order valence-corrected chi connectivity index (χ1v) is 4.53. The number of rotatable bonds is 1. The number of carbonyl (C=O) groups is 2. The van der Waals surface area contributed by atoms with Gasteiger partial charge in [0.15, 0.2) is 0 Å². The molecular weight excluding hydrogens is 180 g/mol. The van der Waals surface area contributed by atoms with Crippen LogP contribution in [0.4, 0.5) is 0 Å². The third-order valence-electron chi connectivity index (χ3n) is 2.51. The van der Waals surface area contributed by atoms with E-state index in [4.69, 9.17) is 5.11 Å². The number of aryl methyl sites for hydroxylation is 1. The van der Waals surface area contributed by atoms with E-state index in [0.29, 0.717) is 24.8 Å². The van der Waals surface area contributed by atoms with Gasteiger partial charge < -0.3 is 5.11 Å². The van der Waals surface area contributed by atoms with Crippen LogP contribution >= 0.6 is 0 Å². The topological polar surface area (TPSA) is 54.4 Å². The summed E-state index contributed by atoms with van der Waals surface area (Å²) >= 11 is 0. The monoisotopic (exact) mass is 190 g/mol. The Morgan fingerprint density at radius 1 is 1.21 bits per heavy atom. The molecule has 1 aromatic carbocycles. The first-order chi connectivity index (χ1) is 6.66. The van der Waals surface area contributed by atoms with Gasteiger partial charge >= 0.3 is 5.97 Å². The maximum absolute atomic E-state index is 11.1. The van der Waals surface area contributed by atoms with Crippen LogP contribution in [0.2, 0.25) is 0 Å². The van der Waals surface area contributed by atoms with Crippen molar-refractivity contribution >= 4 is 11.8 Å². The predicted octanol–water partition coefficient (Wildman–Crippen LogP) is 1.44. The van der Waals surface area contributed by atoms with Crippen LogP contribution in [-0.2, 0) is 17.6 Å². The molecule has 0 fully saturated rings. The predicted molar refractivity (Wildman–Crippen MR) is 50.4 cm³/mol. The fraction of sp³-hybridized carbons (Fsp3) is 0.273. The Kier molecular flexibility index (Phi) is 2.08. The molecule has 14 heavy (non-hydrogen) atoms. The number of carboxylic acids is 1. The maximum atomic E-state index is 11.1. The van der Waals surface area contributed by atoms with Crippen molar-refractivity contribution in [2.45, 2.75) is 19.3 Å². The van der Waals surface area contributed by atoms with E-state index in [1.807, 2.05) is 0 Å². The molecule has 0 spiro atoms. The normalized spacial score (nSPS) is 15.0. The highest BCUT2D eigenvalue weighted by Crippen LogP contribution is 2.20. The molecule has 0 atom stereocenters. The highest BCUT2D eigenvalue weighted by atomic mass is 16.4. The molecule has 1 aromatic rings. The second kappa shape index (κ2) is 3.25. The molecular formula is C11H10O3. The van der Waals surface area contributed by atoms with Crippen LogP contribution in [0.25, 0.3) is 0 Å². The zero-order valence-electron chi connectivity index (χ0n) is 7.62. The molecule has 0 amide bonds. The molecule has 0 saturated carbocycles. The standard InChI is InChI=1S/C11H10O3/c12-10-4-3-7-5-9(11(13)14)2-1-8(7)6-10/h1-2,5H,3-4,6H2,(H,13,14). The van der Waals surface area contributed by atoms with Crippen molar-refractivity contribution in [3.05, 3.63) is 34.9 Å². The number of benzene rings is 1. The summed E-state index contributed by atoms with van der Waals surface area (Å²) in [6.45, 7) is 0. The van der Waals surface area contributed by atoms with Crippen LogP contribution in [0.1, 0.15) is 27.9 Å². The van der Waals surface area contributed by atoms with E-state index in [-0.39, 0.29) is 5.78 Å². The molecule has 1 N–H and O–H groups in total. The Morgan fingerprint density at radius 3 is 2.71 bits per heavy atom. The molecule has 0 unspecified atom stereocenters. The van der Waals surface area contributed by atoms with Crippen LogP contribution in [0, 0.1) is 0 Å². The second-order valence-corrected chi connectivity index (χ2v) is 3.50. The van der Waals surface area contributed by atoms with Crippen molar-refractivity contribution in [3.8, 4) is 0 Å². The zero-order chi connectivity index (χ0) is 10.1. The van der Waals surface area contributed by atoms with Crippen molar-refractivity contribution in [1.82, 2.24) is 0 Å². The van der Waals surface area contributed by atoms with Crippen LogP contribution in [0.15, 0.2) is 18.2 Å². The molecule has 3 heteroatoms. The zero-order valence-corrected chi connectivity index (χ0v) is 7.62. The lowest BCUT2D eigenvalue weighted by atomic mass is 9.89. The van der Waals surface area contributed by atoms with E-state index in [9.17, 15) is 9.59 Å². The fourth-order valence-corrected chi connectivity index (χ4v) is 1.74. The van der Waals surface area contributed by atoms with E-state index >= 15 is 0 Å². The van der Waals surface area contributed by atoms with Crippen molar-refractivity contribution in [2.24, 2.45) is 0 Å². The van der Waals surface area contributed by atoms with Gasteiger partial charge in [-0.25, -0.2) is 4.79 Å². The van der Waals surface area contributed by atoms with Gasteiger partial charge in [0.2, 0.25) is 0 Å². The van der Waals surface area contributed by atoms with Crippen molar-refractivity contribution in [2.75, 3.05) is 0 Å². The van der Waals surface area contributed by atoms with Crippen LogP contribution in [0.5, 0.6) is 0 Å². The van der Waals surface area contributed by atoms with E-state index in [1.54, 1.807) is 18.2 Å². The lowest BCUT2D eigenvalue weighted by Gasteiger charge is -2.14. The SMILES string of the molecule is O=C1CCc2cc(C(=O)O)ccc2C1. The number of Topliss-reactive ketones (excluding diaryl/α,β-unsaturated/α-hetero) is 1. The summed E-state index contributed by atoms with van der Waals surface area (Å²) in [5.41, 5.74) is 2.29. The van der Waals surface area contributed by atoms with Gasteiger partial charge in [-0.15, -0.1) is 0 Å². The summed E-state index contributed by atoms with van der Waals surface area (Å²) < 4.78 is 0. The van der Waals surface area contributed by atoms with Crippen LogP contribution in [-0.4, -0.2) is 16.9 Å². The van der Waals surface area contributed by atoms with Crippen molar-refractivity contribution in [1.29, 1.82) is 0 Å². The Hall–Kier alpha value is -1.64. The Bertz CT molecular complexity index is 407. The number of ketones is 1. The van der Waals surface area contributed by atoms with Gasteiger partial charge in [-0.3, -0.25) is 4.79 Å². The molecule has 0 bridgehead atoms. The van der Waals surface area contributed by atoms with Gasteiger partial charge in [0.25, 0.3) is 0 Å². The molecule has 0 radical (unpaired) electrons. The minimum atomic E-state index is -0.912. The van der Waals surface area contributed by atoms with Gasteiger partial charge in [0, 0.05) is 12.8 Å². The first kappa shape index (κ1) is 8.94. The molecule has 0 aromatic heterocycles. The number of hydrogen-bond acceptors (Lipinski definition) is 2.